The largest absolute Gasteiger partial charge is 0.346 e. The number of nitrogens with zero attached hydrogens (tertiary/aromatic N) is 2. The van der Waals surface area contributed by atoms with Gasteiger partial charge in [-0.1, -0.05) is 13.8 Å². The molecule has 6 nitrogen and oxygen atoms in total. The standard InChI is InChI=1S/C16H26N4O2S.2ClH/c1-10(2)14(17)15(22)18-7-13(21)20-6-4-5-12(8-20)16-19-11(3)9-23-16;;/h9-10,12,14H,4-8,17H2,1-3H3,(H,18,22);2*1H/t12?,14-;;/m0../s1. The highest BCUT2D eigenvalue weighted by Crippen LogP contribution is 2.29. The number of hydrogen-bond acceptors (Lipinski definition) is 5. The van der Waals surface area contributed by atoms with Crippen molar-refractivity contribution in [1.29, 1.82) is 0 Å². The molecule has 1 saturated heterocycles. The molecule has 1 aliphatic rings. The number of piperidine rings is 1. The molecule has 0 aromatic carbocycles. The van der Waals surface area contributed by atoms with Crippen LogP contribution in [-0.4, -0.2) is 47.4 Å². The van der Waals surface area contributed by atoms with Crippen LogP contribution < -0.4 is 11.1 Å². The summed E-state index contributed by atoms with van der Waals surface area (Å²) in [5.41, 5.74) is 6.81. The normalized spacial score (nSPS) is 18.1. The van der Waals surface area contributed by atoms with Crippen molar-refractivity contribution in [2.24, 2.45) is 11.7 Å². The van der Waals surface area contributed by atoms with Crippen LogP contribution in [0.1, 0.15) is 43.3 Å². The molecule has 0 aliphatic carbocycles. The zero-order valence-corrected chi connectivity index (χ0v) is 17.3. The van der Waals surface area contributed by atoms with Crippen LogP contribution in [0.4, 0.5) is 0 Å². The minimum Gasteiger partial charge on any atom is -0.346 e. The molecule has 2 rings (SSSR count). The van der Waals surface area contributed by atoms with Gasteiger partial charge in [-0.25, -0.2) is 4.98 Å². The van der Waals surface area contributed by atoms with Crippen LogP contribution in [0.5, 0.6) is 0 Å². The number of halogens is 2. The van der Waals surface area contributed by atoms with E-state index in [1.54, 1.807) is 11.3 Å². The number of aromatic nitrogens is 1. The van der Waals surface area contributed by atoms with Crippen LogP contribution >= 0.6 is 36.2 Å². The average molecular weight is 411 g/mol. The van der Waals surface area contributed by atoms with Crippen molar-refractivity contribution in [3.63, 3.8) is 0 Å². The van der Waals surface area contributed by atoms with Crippen LogP contribution in [0.3, 0.4) is 0 Å². The summed E-state index contributed by atoms with van der Waals surface area (Å²) in [5, 5.41) is 5.80. The van der Waals surface area contributed by atoms with Crippen molar-refractivity contribution in [1.82, 2.24) is 15.2 Å². The number of carbonyl (C=O) groups is 2. The van der Waals surface area contributed by atoms with E-state index in [0.717, 1.165) is 30.1 Å². The van der Waals surface area contributed by atoms with Gasteiger partial charge in [0.2, 0.25) is 11.8 Å². The zero-order valence-electron chi connectivity index (χ0n) is 14.9. The van der Waals surface area contributed by atoms with Gasteiger partial charge in [0.15, 0.2) is 0 Å². The number of amides is 2. The zero-order chi connectivity index (χ0) is 17.0. The Morgan fingerprint density at radius 3 is 2.68 bits per heavy atom. The van der Waals surface area contributed by atoms with E-state index in [4.69, 9.17) is 5.73 Å². The van der Waals surface area contributed by atoms with E-state index in [9.17, 15) is 9.59 Å². The summed E-state index contributed by atoms with van der Waals surface area (Å²) in [6.07, 6.45) is 2.02. The molecule has 0 spiro atoms. The van der Waals surface area contributed by atoms with E-state index in [-0.39, 0.29) is 49.1 Å². The third-order valence-corrected chi connectivity index (χ3v) is 5.32. The second-order valence-corrected chi connectivity index (χ2v) is 7.38. The first-order valence-electron chi connectivity index (χ1n) is 8.11. The molecule has 1 aromatic heterocycles. The summed E-state index contributed by atoms with van der Waals surface area (Å²) in [6, 6.07) is -0.574. The second kappa shape index (κ2) is 11.0. The number of carbonyl (C=O) groups excluding carboxylic acids is 2. The highest BCUT2D eigenvalue weighted by Gasteiger charge is 2.27. The summed E-state index contributed by atoms with van der Waals surface area (Å²) in [5.74, 6) is 0.0439. The molecule has 0 radical (unpaired) electrons. The highest BCUT2D eigenvalue weighted by molar-refractivity contribution is 7.09. The number of thiazole rings is 1. The fourth-order valence-electron chi connectivity index (χ4n) is 2.66. The lowest BCUT2D eigenvalue weighted by Gasteiger charge is -2.32. The monoisotopic (exact) mass is 410 g/mol. The minimum atomic E-state index is -0.574. The summed E-state index contributed by atoms with van der Waals surface area (Å²) < 4.78 is 0. The summed E-state index contributed by atoms with van der Waals surface area (Å²) in [6.45, 7) is 7.19. The number of nitrogens with one attached hydrogen (secondary N) is 1. The Labute approximate surface area is 165 Å². The van der Waals surface area contributed by atoms with E-state index in [1.807, 2.05) is 31.1 Å². The van der Waals surface area contributed by atoms with Crippen molar-refractivity contribution in [3.05, 3.63) is 16.1 Å². The SMILES string of the molecule is Cc1csc(C2CCCN(C(=O)CNC(=O)[C@@H](N)C(C)C)C2)n1.Cl.Cl. The lowest BCUT2D eigenvalue weighted by Crippen LogP contribution is -2.49. The predicted molar refractivity (Wildman–Crippen MR) is 106 cm³/mol. The summed E-state index contributed by atoms with van der Waals surface area (Å²) in [4.78, 5) is 30.5. The first-order chi connectivity index (χ1) is 10.9. The van der Waals surface area contributed by atoms with Gasteiger partial charge in [0.25, 0.3) is 0 Å². The summed E-state index contributed by atoms with van der Waals surface area (Å²) in [7, 11) is 0. The molecule has 2 amide bonds. The number of rotatable bonds is 5. The predicted octanol–water partition coefficient (Wildman–Crippen LogP) is 2.10. The van der Waals surface area contributed by atoms with Crippen molar-refractivity contribution < 1.29 is 9.59 Å². The molecular formula is C16H28Cl2N4O2S. The fraction of sp³-hybridized carbons (Fsp3) is 0.688. The van der Waals surface area contributed by atoms with Crippen LogP contribution in [0.2, 0.25) is 0 Å². The van der Waals surface area contributed by atoms with E-state index in [2.05, 4.69) is 10.3 Å². The molecule has 25 heavy (non-hydrogen) atoms. The molecule has 1 fully saturated rings. The number of aryl methyl sites for hydroxylation is 1. The third kappa shape index (κ3) is 6.73. The number of hydrogen-bond donors (Lipinski definition) is 2. The number of nitrogens with two attached hydrogens (primary N) is 1. The molecule has 0 saturated carbocycles. The molecule has 1 aliphatic heterocycles. The Hall–Kier alpha value is -0.890. The first kappa shape index (κ1) is 24.1. The van der Waals surface area contributed by atoms with Crippen molar-refractivity contribution in [3.8, 4) is 0 Å². The lowest BCUT2D eigenvalue weighted by molar-refractivity contribution is -0.134. The second-order valence-electron chi connectivity index (χ2n) is 6.49. The van der Waals surface area contributed by atoms with Crippen LogP contribution in [0.15, 0.2) is 5.38 Å². The Morgan fingerprint density at radius 1 is 1.44 bits per heavy atom. The molecule has 1 aromatic rings. The van der Waals surface area contributed by atoms with Crippen LogP contribution in [0, 0.1) is 12.8 Å². The lowest BCUT2D eigenvalue weighted by atomic mass is 9.98. The molecule has 0 bridgehead atoms. The van der Waals surface area contributed by atoms with E-state index in [0.29, 0.717) is 12.5 Å². The van der Waals surface area contributed by atoms with Gasteiger partial charge in [0, 0.05) is 30.1 Å². The van der Waals surface area contributed by atoms with Crippen LogP contribution in [0.25, 0.3) is 0 Å². The van der Waals surface area contributed by atoms with Gasteiger partial charge in [-0.2, -0.15) is 0 Å². The van der Waals surface area contributed by atoms with Gasteiger partial charge in [-0.15, -0.1) is 36.2 Å². The molecule has 2 heterocycles. The van der Waals surface area contributed by atoms with E-state index < -0.39 is 6.04 Å². The van der Waals surface area contributed by atoms with Gasteiger partial charge in [0.1, 0.15) is 0 Å². The Morgan fingerprint density at radius 2 is 2.12 bits per heavy atom. The quantitative estimate of drug-likeness (QED) is 0.777. The summed E-state index contributed by atoms with van der Waals surface area (Å²) >= 11 is 1.66. The van der Waals surface area contributed by atoms with Gasteiger partial charge in [0.05, 0.1) is 17.6 Å². The van der Waals surface area contributed by atoms with Crippen LogP contribution in [-0.2, 0) is 9.59 Å². The molecule has 1 unspecified atom stereocenters. The first-order valence-corrected chi connectivity index (χ1v) is 8.99. The molecule has 2 atom stereocenters. The highest BCUT2D eigenvalue weighted by atomic mass is 35.5. The van der Waals surface area contributed by atoms with Crippen molar-refractivity contribution >= 4 is 48.0 Å². The molecule has 3 N–H and O–H groups in total. The molecular weight excluding hydrogens is 383 g/mol. The van der Waals surface area contributed by atoms with E-state index >= 15 is 0 Å². The maximum absolute atomic E-state index is 12.3. The topological polar surface area (TPSA) is 88.3 Å². The Kier molecular flexibility index (Phi) is 10.6. The third-order valence-electron chi connectivity index (χ3n) is 4.19. The van der Waals surface area contributed by atoms with E-state index in [1.165, 1.54) is 0 Å². The fourth-order valence-corrected chi connectivity index (χ4v) is 3.59. The van der Waals surface area contributed by atoms with Gasteiger partial charge in [-0.05, 0) is 25.7 Å². The maximum atomic E-state index is 12.3. The van der Waals surface area contributed by atoms with Crippen molar-refractivity contribution in [2.75, 3.05) is 19.6 Å². The number of likely N-dealkylation sites (tertiary alicyclic amines) is 1. The minimum absolute atomic E-state index is 0. The Balaban J connectivity index is 0.00000288. The smallest absolute Gasteiger partial charge is 0.241 e. The molecule has 9 heteroatoms. The van der Waals surface area contributed by atoms with Gasteiger partial charge >= 0.3 is 0 Å². The maximum Gasteiger partial charge on any atom is 0.241 e. The molecule has 144 valence electrons. The van der Waals surface area contributed by atoms with Crippen molar-refractivity contribution in [2.45, 2.75) is 45.6 Å². The van der Waals surface area contributed by atoms with Gasteiger partial charge < -0.3 is 16.0 Å². The Bertz CT molecular complexity index is 568. The van der Waals surface area contributed by atoms with Gasteiger partial charge in [-0.3, -0.25) is 9.59 Å². The average Bonchev–Trinajstić information content (AvgIpc) is 2.98.